The first-order valence-electron chi connectivity index (χ1n) is 2.86. The van der Waals surface area contributed by atoms with E-state index in [9.17, 15) is 0 Å². The lowest BCUT2D eigenvalue weighted by Gasteiger charge is -2.07. The van der Waals surface area contributed by atoms with Crippen molar-refractivity contribution in [3.8, 4) is 0 Å². The van der Waals surface area contributed by atoms with Crippen LogP contribution in [0, 0.1) is 0 Å². The molecule has 3 nitrogen and oxygen atoms in total. The van der Waals surface area contributed by atoms with Gasteiger partial charge in [0.25, 0.3) is 0 Å². The molecule has 0 amide bonds. The van der Waals surface area contributed by atoms with Crippen molar-refractivity contribution in [2.24, 2.45) is 4.99 Å². The van der Waals surface area contributed by atoms with Crippen molar-refractivity contribution >= 4 is 24.0 Å². The Morgan fingerprint density at radius 3 is 3.40 bits per heavy atom. The lowest BCUT2D eigenvalue weighted by Crippen LogP contribution is -2.02. The molecule has 1 aromatic rings. The van der Waals surface area contributed by atoms with Crippen LogP contribution in [-0.4, -0.2) is 11.3 Å². The average Bonchev–Trinajstić information content (AvgIpc) is 2.05. The number of fused-ring (bicyclic) bond motifs is 1. The fraction of sp³-hybridized carbons (Fsp3) is 0. The first-order valence-corrected chi connectivity index (χ1v) is 3.67. The quantitative estimate of drug-likeness (QED) is 0.569. The molecule has 0 atom stereocenters. The number of nitrogens with one attached hydrogen (secondary N) is 1. The molecule has 1 N–H and O–H groups in total. The zero-order valence-electron chi connectivity index (χ0n) is 5.11. The van der Waals surface area contributed by atoms with E-state index < -0.39 is 0 Å². The van der Waals surface area contributed by atoms with Crippen LogP contribution in [0.3, 0.4) is 0 Å². The number of pyridine rings is 1. The number of aromatic nitrogens is 1. The number of hydrogen-bond acceptors (Lipinski definition) is 4. The van der Waals surface area contributed by atoms with Crippen LogP contribution in [0.4, 0.5) is 5.69 Å². The standard InChI is InChI=1S/C6H5N3S/c1-2-7-3-6-5(1)8-4-9-10-6/h1-4H,(H,8,9). The summed E-state index contributed by atoms with van der Waals surface area (Å²) in [4.78, 5) is 9.13. The van der Waals surface area contributed by atoms with Crippen molar-refractivity contribution < 1.29 is 0 Å². The van der Waals surface area contributed by atoms with Gasteiger partial charge in [0.2, 0.25) is 0 Å². The molecule has 0 saturated carbocycles. The molecule has 0 saturated heterocycles. The van der Waals surface area contributed by atoms with E-state index in [-0.39, 0.29) is 0 Å². The van der Waals surface area contributed by atoms with E-state index in [4.69, 9.17) is 0 Å². The molecule has 2 rings (SSSR count). The normalized spacial score (nSPS) is 14.0. The smallest absolute Gasteiger partial charge is 0.0988 e. The van der Waals surface area contributed by atoms with Crippen LogP contribution >= 0.6 is 11.9 Å². The van der Waals surface area contributed by atoms with E-state index in [0.29, 0.717) is 0 Å². The summed E-state index contributed by atoms with van der Waals surface area (Å²) in [6.45, 7) is 0. The van der Waals surface area contributed by atoms with Gasteiger partial charge < -0.3 is 4.72 Å². The maximum atomic E-state index is 4.10. The third-order valence-electron chi connectivity index (χ3n) is 1.19. The van der Waals surface area contributed by atoms with E-state index in [2.05, 4.69) is 14.7 Å². The Morgan fingerprint density at radius 1 is 1.50 bits per heavy atom. The minimum Gasteiger partial charge on any atom is -0.316 e. The van der Waals surface area contributed by atoms with Crippen molar-refractivity contribution in [2.75, 3.05) is 0 Å². The zero-order chi connectivity index (χ0) is 6.81. The Labute approximate surface area is 62.7 Å². The summed E-state index contributed by atoms with van der Waals surface area (Å²) in [5, 5.41) is 0. The van der Waals surface area contributed by atoms with Gasteiger partial charge in [-0.1, -0.05) is 0 Å². The number of rotatable bonds is 0. The Balaban J connectivity index is 2.54. The molecular weight excluding hydrogens is 146 g/mol. The van der Waals surface area contributed by atoms with E-state index in [0.717, 1.165) is 10.6 Å². The molecule has 0 unspecified atom stereocenters. The van der Waals surface area contributed by atoms with Crippen LogP contribution in [0.1, 0.15) is 0 Å². The third-order valence-corrected chi connectivity index (χ3v) is 1.95. The molecule has 1 aliphatic heterocycles. The van der Waals surface area contributed by atoms with Crippen LogP contribution < -0.4 is 4.72 Å². The molecule has 0 fully saturated rings. The molecule has 2 heterocycles. The predicted molar refractivity (Wildman–Crippen MR) is 41.4 cm³/mol. The fourth-order valence-electron chi connectivity index (χ4n) is 0.744. The van der Waals surface area contributed by atoms with Crippen molar-refractivity contribution in [3.63, 3.8) is 0 Å². The Hall–Kier alpha value is -1.03. The van der Waals surface area contributed by atoms with Crippen LogP contribution in [0.5, 0.6) is 0 Å². The van der Waals surface area contributed by atoms with Crippen molar-refractivity contribution in [1.29, 1.82) is 0 Å². The summed E-state index contributed by atoms with van der Waals surface area (Å²) in [7, 11) is 0. The van der Waals surface area contributed by atoms with Gasteiger partial charge in [0.1, 0.15) is 0 Å². The fourth-order valence-corrected chi connectivity index (χ4v) is 1.31. The molecule has 10 heavy (non-hydrogen) atoms. The highest BCUT2D eigenvalue weighted by Gasteiger charge is 2.03. The lowest BCUT2D eigenvalue weighted by atomic mass is 10.4. The van der Waals surface area contributed by atoms with Crippen LogP contribution in [-0.2, 0) is 0 Å². The van der Waals surface area contributed by atoms with Gasteiger partial charge in [-0.15, -0.1) is 0 Å². The minimum absolute atomic E-state index is 0.985. The van der Waals surface area contributed by atoms with Crippen molar-refractivity contribution in [2.45, 2.75) is 4.90 Å². The number of nitrogens with zero attached hydrogens (tertiary/aromatic N) is 2. The summed E-state index contributed by atoms with van der Waals surface area (Å²) in [5.74, 6) is 0. The van der Waals surface area contributed by atoms with E-state index >= 15 is 0 Å². The van der Waals surface area contributed by atoms with Gasteiger partial charge in [-0.25, -0.2) is 4.99 Å². The second-order valence-electron chi connectivity index (χ2n) is 1.82. The largest absolute Gasteiger partial charge is 0.316 e. The summed E-state index contributed by atoms with van der Waals surface area (Å²) in [5.41, 5.74) is 0.985. The first kappa shape index (κ1) is 5.73. The van der Waals surface area contributed by atoms with Gasteiger partial charge in [0.05, 0.1) is 16.9 Å². The maximum absolute atomic E-state index is 4.10. The highest BCUT2D eigenvalue weighted by Crippen LogP contribution is 2.27. The van der Waals surface area contributed by atoms with Gasteiger partial charge in [-0.2, -0.15) is 0 Å². The number of aliphatic imine (C=N–C) groups is 1. The third kappa shape index (κ3) is 0.863. The highest BCUT2D eigenvalue weighted by atomic mass is 32.2. The van der Waals surface area contributed by atoms with Crippen molar-refractivity contribution in [3.05, 3.63) is 18.5 Å². The second kappa shape index (κ2) is 2.30. The average molecular weight is 151 g/mol. The van der Waals surface area contributed by atoms with E-state index in [1.165, 1.54) is 11.9 Å². The Kier molecular flexibility index (Phi) is 1.32. The molecule has 0 radical (unpaired) electrons. The maximum Gasteiger partial charge on any atom is 0.0988 e. The monoisotopic (exact) mass is 151 g/mol. The Morgan fingerprint density at radius 2 is 2.50 bits per heavy atom. The zero-order valence-corrected chi connectivity index (χ0v) is 5.93. The van der Waals surface area contributed by atoms with E-state index in [1.54, 1.807) is 18.7 Å². The van der Waals surface area contributed by atoms with Gasteiger partial charge >= 0.3 is 0 Å². The SMILES string of the molecule is C1=Nc2ccncc2SN1. The highest BCUT2D eigenvalue weighted by molar-refractivity contribution is 7.98. The summed E-state index contributed by atoms with van der Waals surface area (Å²) >= 11 is 1.53. The Bertz CT molecular complexity index is 271. The molecule has 0 aliphatic carbocycles. The predicted octanol–water partition coefficient (Wildman–Crippen LogP) is 1.35. The van der Waals surface area contributed by atoms with Gasteiger partial charge in [0.15, 0.2) is 0 Å². The number of hydrogen-bond donors (Lipinski definition) is 1. The second-order valence-corrected chi connectivity index (χ2v) is 2.70. The molecular formula is C6H5N3S. The minimum atomic E-state index is 0.985. The molecule has 4 heteroatoms. The van der Waals surface area contributed by atoms with Crippen LogP contribution in [0.15, 0.2) is 28.3 Å². The molecule has 0 bridgehead atoms. The van der Waals surface area contributed by atoms with Gasteiger partial charge in [-0.05, 0) is 18.0 Å². The lowest BCUT2D eigenvalue weighted by molar-refractivity contribution is 1.20. The van der Waals surface area contributed by atoms with Crippen LogP contribution in [0.2, 0.25) is 0 Å². The first-order chi connectivity index (χ1) is 4.97. The van der Waals surface area contributed by atoms with E-state index in [1.807, 2.05) is 6.07 Å². The molecule has 1 aromatic heterocycles. The topological polar surface area (TPSA) is 37.3 Å². The summed E-state index contributed by atoms with van der Waals surface area (Å²) in [6, 6.07) is 1.89. The summed E-state index contributed by atoms with van der Waals surface area (Å²) in [6.07, 6.45) is 5.21. The summed E-state index contributed by atoms with van der Waals surface area (Å²) < 4.78 is 2.93. The van der Waals surface area contributed by atoms with Gasteiger partial charge in [0, 0.05) is 12.4 Å². The van der Waals surface area contributed by atoms with Crippen molar-refractivity contribution in [1.82, 2.24) is 9.71 Å². The molecule has 0 aromatic carbocycles. The van der Waals surface area contributed by atoms with Gasteiger partial charge in [-0.3, -0.25) is 4.98 Å². The molecule has 0 spiro atoms. The van der Waals surface area contributed by atoms with Crippen LogP contribution in [0.25, 0.3) is 0 Å². The molecule has 50 valence electrons. The molecule has 1 aliphatic rings.